The molecule has 0 spiro atoms. The third-order valence-corrected chi connectivity index (χ3v) is 2.80. The van der Waals surface area contributed by atoms with E-state index in [1.54, 1.807) is 0 Å². The van der Waals surface area contributed by atoms with E-state index in [2.05, 4.69) is 32.9 Å². The average molecular weight is 177 g/mol. The second-order valence-electron chi connectivity index (χ2n) is 4.04. The molecule has 1 aromatic carbocycles. The highest BCUT2D eigenvalue weighted by Gasteiger charge is 2.17. The van der Waals surface area contributed by atoms with Crippen molar-refractivity contribution in [2.24, 2.45) is 17.6 Å². The lowest BCUT2D eigenvalue weighted by Gasteiger charge is -2.23. The molecule has 0 aliphatic carbocycles. The van der Waals surface area contributed by atoms with E-state index < -0.39 is 0 Å². The molecule has 72 valence electrons. The van der Waals surface area contributed by atoms with Crippen molar-refractivity contribution in [1.29, 1.82) is 0 Å². The van der Waals surface area contributed by atoms with Gasteiger partial charge < -0.3 is 5.73 Å². The van der Waals surface area contributed by atoms with Crippen LogP contribution >= 0.6 is 0 Å². The van der Waals surface area contributed by atoms with Gasteiger partial charge in [-0.3, -0.25) is 0 Å². The lowest BCUT2D eigenvalue weighted by Crippen LogP contribution is -2.22. The molecular formula is C12H19N. The van der Waals surface area contributed by atoms with Gasteiger partial charge in [-0.15, -0.1) is 0 Å². The van der Waals surface area contributed by atoms with Crippen LogP contribution in [0.4, 0.5) is 0 Å². The molecule has 0 aliphatic heterocycles. The molecule has 0 radical (unpaired) electrons. The summed E-state index contributed by atoms with van der Waals surface area (Å²) in [7, 11) is 0. The summed E-state index contributed by atoms with van der Waals surface area (Å²) >= 11 is 0. The predicted octanol–water partition coefficient (Wildman–Crippen LogP) is 2.98. The Morgan fingerprint density at radius 1 is 1.00 bits per heavy atom. The zero-order chi connectivity index (χ0) is 9.84. The molecule has 0 saturated carbocycles. The molecule has 0 aromatic heterocycles. The smallest absolute Gasteiger partial charge is 0.0323 e. The Morgan fingerprint density at radius 2 is 1.54 bits per heavy atom. The van der Waals surface area contributed by atoms with Crippen LogP contribution in [0.3, 0.4) is 0 Å². The number of nitrogens with two attached hydrogens (primary N) is 1. The van der Waals surface area contributed by atoms with Gasteiger partial charge in [0.1, 0.15) is 0 Å². The van der Waals surface area contributed by atoms with Crippen LogP contribution in [0.25, 0.3) is 0 Å². The van der Waals surface area contributed by atoms with Gasteiger partial charge in [0, 0.05) is 6.04 Å². The van der Waals surface area contributed by atoms with E-state index in [1.807, 2.05) is 18.2 Å². The average Bonchev–Trinajstić information content (AvgIpc) is 2.17. The predicted molar refractivity (Wildman–Crippen MR) is 57.4 cm³/mol. The summed E-state index contributed by atoms with van der Waals surface area (Å²) in [6.45, 7) is 6.64. The van der Waals surface area contributed by atoms with Crippen molar-refractivity contribution in [2.75, 3.05) is 0 Å². The van der Waals surface area contributed by atoms with Crippen molar-refractivity contribution >= 4 is 0 Å². The molecule has 0 bridgehead atoms. The first kappa shape index (κ1) is 10.3. The van der Waals surface area contributed by atoms with Crippen molar-refractivity contribution in [3.05, 3.63) is 35.9 Å². The van der Waals surface area contributed by atoms with Crippen LogP contribution in [0.1, 0.15) is 32.4 Å². The van der Waals surface area contributed by atoms with E-state index in [9.17, 15) is 0 Å². The van der Waals surface area contributed by atoms with Gasteiger partial charge in [0.2, 0.25) is 0 Å². The molecule has 1 heteroatoms. The molecule has 1 aromatic rings. The second-order valence-corrected chi connectivity index (χ2v) is 4.04. The van der Waals surface area contributed by atoms with Gasteiger partial charge in [-0.25, -0.2) is 0 Å². The molecule has 2 N–H and O–H groups in total. The molecule has 13 heavy (non-hydrogen) atoms. The molecule has 1 nitrogen and oxygen atoms in total. The van der Waals surface area contributed by atoms with Crippen LogP contribution in [-0.2, 0) is 0 Å². The summed E-state index contributed by atoms with van der Waals surface area (Å²) < 4.78 is 0. The van der Waals surface area contributed by atoms with Crippen LogP contribution in [0.15, 0.2) is 30.3 Å². The summed E-state index contributed by atoms with van der Waals surface area (Å²) in [5.41, 5.74) is 7.38. The maximum atomic E-state index is 6.14. The van der Waals surface area contributed by atoms with Crippen molar-refractivity contribution in [3.63, 3.8) is 0 Å². The molecule has 0 fully saturated rings. The molecule has 0 amide bonds. The van der Waals surface area contributed by atoms with E-state index in [0.29, 0.717) is 11.8 Å². The standard InChI is InChI=1S/C12H19N/c1-9(2)10(3)12(13)11-7-5-4-6-8-11/h4-10,12H,13H2,1-3H3. The lowest BCUT2D eigenvalue weighted by molar-refractivity contribution is 0.352. The Labute approximate surface area is 81.0 Å². The fourth-order valence-electron chi connectivity index (χ4n) is 1.39. The monoisotopic (exact) mass is 177 g/mol. The summed E-state index contributed by atoms with van der Waals surface area (Å²) in [6.07, 6.45) is 0. The first-order valence-corrected chi connectivity index (χ1v) is 4.93. The van der Waals surface area contributed by atoms with E-state index in [1.165, 1.54) is 5.56 Å². The minimum atomic E-state index is 0.168. The lowest BCUT2D eigenvalue weighted by atomic mass is 9.87. The Bertz CT molecular complexity index is 241. The first-order valence-electron chi connectivity index (χ1n) is 4.93. The van der Waals surface area contributed by atoms with Crippen molar-refractivity contribution in [3.8, 4) is 0 Å². The van der Waals surface area contributed by atoms with E-state index in [0.717, 1.165) is 0 Å². The minimum Gasteiger partial charge on any atom is -0.324 e. The van der Waals surface area contributed by atoms with Gasteiger partial charge >= 0.3 is 0 Å². The number of benzene rings is 1. The van der Waals surface area contributed by atoms with Crippen LogP contribution in [-0.4, -0.2) is 0 Å². The Kier molecular flexibility index (Phi) is 3.49. The molecule has 1 rings (SSSR count). The molecule has 2 unspecified atom stereocenters. The molecular weight excluding hydrogens is 158 g/mol. The zero-order valence-corrected chi connectivity index (χ0v) is 8.70. The van der Waals surface area contributed by atoms with Crippen molar-refractivity contribution in [1.82, 2.24) is 0 Å². The van der Waals surface area contributed by atoms with Gasteiger partial charge in [-0.05, 0) is 17.4 Å². The van der Waals surface area contributed by atoms with Crippen LogP contribution in [0.2, 0.25) is 0 Å². The molecule has 2 atom stereocenters. The van der Waals surface area contributed by atoms with Gasteiger partial charge in [0.25, 0.3) is 0 Å². The Balaban J connectivity index is 2.73. The number of rotatable bonds is 3. The summed E-state index contributed by atoms with van der Waals surface area (Å²) in [5, 5.41) is 0. The fourth-order valence-corrected chi connectivity index (χ4v) is 1.39. The Hall–Kier alpha value is -0.820. The number of hydrogen-bond acceptors (Lipinski definition) is 1. The van der Waals surface area contributed by atoms with Crippen LogP contribution < -0.4 is 5.73 Å². The Morgan fingerprint density at radius 3 is 2.00 bits per heavy atom. The largest absolute Gasteiger partial charge is 0.324 e. The normalized spacial score (nSPS) is 15.8. The van der Waals surface area contributed by atoms with Gasteiger partial charge in [-0.1, -0.05) is 51.1 Å². The third-order valence-electron chi connectivity index (χ3n) is 2.80. The van der Waals surface area contributed by atoms with Gasteiger partial charge in [0.15, 0.2) is 0 Å². The molecule has 0 saturated heterocycles. The minimum absolute atomic E-state index is 0.168. The SMILES string of the molecule is CC(C)C(C)C(N)c1ccccc1. The van der Waals surface area contributed by atoms with E-state index in [4.69, 9.17) is 5.73 Å². The van der Waals surface area contributed by atoms with E-state index >= 15 is 0 Å². The highest BCUT2D eigenvalue weighted by molar-refractivity contribution is 5.19. The van der Waals surface area contributed by atoms with Gasteiger partial charge in [-0.2, -0.15) is 0 Å². The van der Waals surface area contributed by atoms with Crippen molar-refractivity contribution < 1.29 is 0 Å². The van der Waals surface area contributed by atoms with Gasteiger partial charge in [0.05, 0.1) is 0 Å². The van der Waals surface area contributed by atoms with Crippen molar-refractivity contribution in [2.45, 2.75) is 26.8 Å². The summed E-state index contributed by atoms with van der Waals surface area (Å²) in [6, 6.07) is 10.5. The van der Waals surface area contributed by atoms with Crippen LogP contribution in [0, 0.1) is 11.8 Å². The zero-order valence-electron chi connectivity index (χ0n) is 8.70. The fraction of sp³-hybridized carbons (Fsp3) is 0.500. The van der Waals surface area contributed by atoms with Crippen LogP contribution in [0.5, 0.6) is 0 Å². The maximum Gasteiger partial charge on any atom is 0.0323 e. The highest BCUT2D eigenvalue weighted by atomic mass is 14.6. The maximum absolute atomic E-state index is 6.14. The first-order chi connectivity index (χ1) is 6.13. The van der Waals surface area contributed by atoms with E-state index in [-0.39, 0.29) is 6.04 Å². The highest BCUT2D eigenvalue weighted by Crippen LogP contribution is 2.24. The molecule has 0 heterocycles. The molecule has 0 aliphatic rings. The topological polar surface area (TPSA) is 26.0 Å². The summed E-state index contributed by atoms with van der Waals surface area (Å²) in [4.78, 5) is 0. The quantitative estimate of drug-likeness (QED) is 0.754. The summed E-state index contributed by atoms with van der Waals surface area (Å²) in [5.74, 6) is 1.16. The number of hydrogen-bond donors (Lipinski definition) is 1. The third kappa shape index (κ3) is 2.56. The second kappa shape index (κ2) is 4.43.